The maximum absolute atomic E-state index is 14.7. The molecule has 148 valence electrons. The number of nitrogens with one attached hydrogen (secondary N) is 2. The molecule has 1 amide bonds. The standard InChI is InChI=1S/C18H16Cl2FN3O4/c1-8(25)16-17(24(27)28)14(10-3-2-4-11(20)15(10)21)18(26)23-13-7-9(19)5-6-12(13)22-16/h2-8,14,16-17,22,25H,1H3,(H,23,26)/t8-,14-,16-,17-/m1/s1. The number of fused-ring (bicyclic) bond motifs is 1. The minimum Gasteiger partial charge on any atom is -0.391 e. The number of aliphatic hydroxyl groups excluding tert-OH is 1. The highest BCUT2D eigenvalue weighted by atomic mass is 35.5. The Morgan fingerprint density at radius 1 is 1.25 bits per heavy atom. The van der Waals surface area contributed by atoms with Gasteiger partial charge in [-0.15, -0.1) is 0 Å². The summed E-state index contributed by atoms with van der Waals surface area (Å²) in [7, 11) is 0. The van der Waals surface area contributed by atoms with Gasteiger partial charge in [0.1, 0.15) is 17.8 Å². The zero-order valence-electron chi connectivity index (χ0n) is 14.5. The molecule has 10 heteroatoms. The van der Waals surface area contributed by atoms with Gasteiger partial charge in [0, 0.05) is 15.5 Å². The van der Waals surface area contributed by atoms with Gasteiger partial charge in [-0.25, -0.2) is 4.39 Å². The summed E-state index contributed by atoms with van der Waals surface area (Å²) in [4.78, 5) is 24.2. The molecule has 28 heavy (non-hydrogen) atoms. The zero-order valence-corrected chi connectivity index (χ0v) is 16.0. The van der Waals surface area contributed by atoms with E-state index >= 15 is 0 Å². The number of amides is 1. The van der Waals surface area contributed by atoms with E-state index in [9.17, 15) is 24.4 Å². The predicted molar refractivity (Wildman–Crippen MR) is 104 cm³/mol. The molecule has 0 saturated heterocycles. The highest BCUT2D eigenvalue weighted by molar-refractivity contribution is 6.31. The Bertz CT molecular complexity index is 941. The highest BCUT2D eigenvalue weighted by Crippen LogP contribution is 2.37. The normalized spacial score (nSPS) is 22.9. The van der Waals surface area contributed by atoms with Crippen molar-refractivity contribution in [3.8, 4) is 0 Å². The van der Waals surface area contributed by atoms with Crippen LogP contribution in [-0.2, 0) is 4.79 Å². The number of rotatable bonds is 3. The summed E-state index contributed by atoms with van der Waals surface area (Å²) in [6.07, 6.45) is -1.23. The van der Waals surface area contributed by atoms with E-state index in [1.54, 1.807) is 0 Å². The molecule has 0 unspecified atom stereocenters. The number of nitro groups is 1. The monoisotopic (exact) mass is 427 g/mol. The maximum atomic E-state index is 14.7. The van der Waals surface area contributed by atoms with Crippen LogP contribution >= 0.6 is 23.2 Å². The number of halogens is 3. The second kappa shape index (κ2) is 7.90. The molecule has 7 nitrogen and oxygen atoms in total. The first-order chi connectivity index (χ1) is 13.2. The number of anilines is 2. The number of nitrogens with zero attached hydrogens (tertiary/aromatic N) is 1. The van der Waals surface area contributed by atoms with Gasteiger partial charge < -0.3 is 15.7 Å². The van der Waals surface area contributed by atoms with Crippen molar-refractivity contribution in [2.75, 3.05) is 10.6 Å². The molecule has 0 aromatic heterocycles. The maximum Gasteiger partial charge on any atom is 0.251 e. The van der Waals surface area contributed by atoms with E-state index in [1.807, 2.05) is 0 Å². The van der Waals surface area contributed by atoms with Crippen molar-refractivity contribution in [2.24, 2.45) is 0 Å². The molecule has 1 aliphatic heterocycles. The summed E-state index contributed by atoms with van der Waals surface area (Å²) in [6, 6.07) is 5.61. The molecule has 0 saturated carbocycles. The van der Waals surface area contributed by atoms with Gasteiger partial charge in [0.2, 0.25) is 5.91 Å². The Morgan fingerprint density at radius 3 is 2.61 bits per heavy atom. The number of hydrogen-bond acceptors (Lipinski definition) is 5. The largest absolute Gasteiger partial charge is 0.391 e. The van der Waals surface area contributed by atoms with E-state index in [-0.39, 0.29) is 16.3 Å². The van der Waals surface area contributed by atoms with Gasteiger partial charge in [-0.05, 0) is 31.2 Å². The number of aliphatic hydroxyl groups is 1. The lowest BCUT2D eigenvalue weighted by molar-refractivity contribution is -0.528. The van der Waals surface area contributed by atoms with Crippen molar-refractivity contribution in [3.05, 3.63) is 67.9 Å². The lowest BCUT2D eigenvalue weighted by Gasteiger charge is -2.33. The SMILES string of the molecule is C[C@@H](O)[C@H]1Nc2ccc(Cl)cc2NC(=O)[C@H](c2cccc(Cl)c2F)[C@H]1[N+](=O)[O-]. The molecule has 0 spiro atoms. The van der Waals surface area contributed by atoms with Gasteiger partial charge >= 0.3 is 0 Å². The minimum absolute atomic E-state index is 0.232. The molecule has 4 atom stereocenters. The predicted octanol–water partition coefficient (Wildman–Crippen LogP) is 3.68. The fourth-order valence-corrected chi connectivity index (χ4v) is 3.68. The fourth-order valence-electron chi connectivity index (χ4n) is 3.33. The van der Waals surface area contributed by atoms with Gasteiger partial charge in [0.25, 0.3) is 6.04 Å². The van der Waals surface area contributed by atoms with Crippen molar-refractivity contribution in [2.45, 2.75) is 31.0 Å². The molecule has 1 aliphatic rings. The number of carbonyl (C=O) groups excluding carboxylic acids is 1. The first kappa shape index (κ1) is 20.3. The van der Waals surface area contributed by atoms with E-state index in [0.29, 0.717) is 10.7 Å². The summed E-state index contributed by atoms with van der Waals surface area (Å²) < 4.78 is 14.7. The van der Waals surface area contributed by atoms with Crippen molar-refractivity contribution >= 4 is 40.5 Å². The Kier molecular flexibility index (Phi) is 5.74. The summed E-state index contributed by atoms with van der Waals surface area (Å²) >= 11 is 11.8. The Balaban J connectivity index is 2.22. The van der Waals surface area contributed by atoms with Crippen LogP contribution in [0.15, 0.2) is 36.4 Å². The van der Waals surface area contributed by atoms with E-state index in [1.165, 1.54) is 43.3 Å². The molecule has 0 bridgehead atoms. The molecule has 3 rings (SSSR count). The van der Waals surface area contributed by atoms with E-state index < -0.39 is 40.8 Å². The third kappa shape index (κ3) is 3.76. The molecule has 1 heterocycles. The molecule has 0 fully saturated rings. The summed E-state index contributed by atoms with van der Waals surface area (Å²) in [5.41, 5.74) is 0.377. The molecular formula is C18H16Cl2FN3O4. The molecule has 2 aromatic rings. The van der Waals surface area contributed by atoms with Crippen LogP contribution in [0.1, 0.15) is 18.4 Å². The average Bonchev–Trinajstić information content (AvgIpc) is 2.60. The number of carbonyl (C=O) groups is 1. The van der Waals surface area contributed by atoms with Crippen LogP contribution in [0.25, 0.3) is 0 Å². The molecule has 3 N–H and O–H groups in total. The summed E-state index contributed by atoms with van der Waals surface area (Å²) in [6.45, 7) is 1.36. The molecule has 0 aliphatic carbocycles. The van der Waals surface area contributed by atoms with E-state index in [2.05, 4.69) is 10.6 Å². The van der Waals surface area contributed by atoms with Crippen molar-refractivity contribution in [1.82, 2.24) is 0 Å². The minimum atomic E-state index is -1.67. The van der Waals surface area contributed by atoms with Crippen LogP contribution < -0.4 is 10.6 Å². The first-order valence-electron chi connectivity index (χ1n) is 8.33. The van der Waals surface area contributed by atoms with Gasteiger partial charge in [-0.1, -0.05) is 35.3 Å². The quantitative estimate of drug-likeness (QED) is 0.511. The smallest absolute Gasteiger partial charge is 0.251 e. The van der Waals surface area contributed by atoms with Crippen LogP contribution in [0, 0.1) is 15.9 Å². The number of benzene rings is 2. The van der Waals surface area contributed by atoms with Gasteiger partial charge in [-0.3, -0.25) is 14.9 Å². The lowest BCUT2D eigenvalue weighted by atomic mass is 9.83. The summed E-state index contributed by atoms with van der Waals surface area (Å²) in [5.74, 6) is -3.28. The average molecular weight is 428 g/mol. The van der Waals surface area contributed by atoms with Crippen LogP contribution in [-0.4, -0.2) is 34.1 Å². The lowest BCUT2D eigenvalue weighted by Crippen LogP contribution is -2.53. The fraction of sp³-hybridized carbons (Fsp3) is 0.278. The van der Waals surface area contributed by atoms with Crippen molar-refractivity contribution in [3.63, 3.8) is 0 Å². The number of hydrogen-bond donors (Lipinski definition) is 3. The van der Waals surface area contributed by atoms with Gasteiger partial charge in [0.15, 0.2) is 0 Å². The Morgan fingerprint density at radius 2 is 1.96 bits per heavy atom. The van der Waals surface area contributed by atoms with Crippen LogP contribution in [0.3, 0.4) is 0 Å². The second-order valence-electron chi connectivity index (χ2n) is 6.49. The van der Waals surface area contributed by atoms with Gasteiger partial charge in [-0.2, -0.15) is 0 Å². The van der Waals surface area contributed by atoms with E-state index in [0.717, 1.165) is 0 Å². The topological polar surface area (TPSA) is 104 Å². The van der Waals surface area contributed by atoms with Crippen molar-refractivity contribution < 1.29 is 19.2 Å². The molecular weight excluding hydrogens is 412 g/mol. The Labute approximate surface area is 169 Å². The van der Waals surface area contributed by atoms with Crippen LogP contribution in [0.5, 0.6) is 0 Å². The molecule has 0 radical (unpaired) electrons. The highest BCUT2D eigenvalue weighted by Gasteiger charge is 2.48. The van der Waals surface area contributed by atoms with Crippen LogP contribution in [0.2, 0.25) is 10.0 Å². The first-order valence-corrected chi connectivity index (χ1v) is 9.08. The second-order valence-corrected chi connectivity index (χ2v) is 7.33. The molecule has 2 aromatic carbocycles. The van der Waals surface area contributed by atoms with Crippen molar-refractivity contribution in [1.29, 1.82) is 0 Å². The Hall–Kier alpha value is -2.42. The van der Waals surface area contributed by atoms with E-state index in [4.69, 9.17) is 23.2 Å². The third-order valence-corrected chi connectivity index (χ3v) is 5.16. The summed E-state index contributed by atoms with van der Waals surface area (Å²) in [5, 5.41) is 27.7. The third-order valence-electron chi connectivity index (χ3n) is 4.63. The zero-order chi connectivity index (χ0) is 20.6. The van der Waals surface area contributed by atoms with Gasteiger partial charge in [0.05, 0.1) is 22.5 Å². The van der Waals surface area contributed by atoms with Crippen LogP contribution in [0.4, 0.5) is 15.8 Å².